The number of carboxylic acids is 1. The first kappa shape index (κ1) is 13.5. The van der Waals surface area contributed by atoms with Crippen molar-refractivity contribution in [3.8, 4) is 0 Å². The van der Waals surface area contributed by atoms with E-state index >= 15 is 0 Å². The summed E-state index contributed by atoms with van der Waals surface area (Å²) in [5.41, 5.74) is 0. The third-order valence-corrected chi connectivity index (χ3v) is 3.40. The Morgan fingerprint density at radius 2 is 2.19 bits per heavy atom. The summed E-state index contributed by atoms with van der Waals surface area (Å²) in [5, 5.41) is 9.28. The standard InChI is InChI=1S/C12H24N2O2/c1-4-5-6-11(12(15)16)14-8-7-13(3)9-10(14)2/h10-11H,4-9H2,1-3H3,(H,15,16). The van der Waals surface area contributed by atoms with Crippen molar-refractivity contribution in [1.82, 2.24) is 9.80 Å². The number of hydrogen-bond donors (Lipinski definition) is 1. The molecule has 1 aliphatic rings. The fourth-order valence-corrected chi connectivity index (χ4v) is 2.45. The van der Waals surface area contributed by atoms with Gasteiger partial charge in [0.2, 0.25) is 0 Å². The van der Waals surface area contributed by atoms with Crippen LogP contribution in [0.1, 0.15) is 33.1 Å². The average molecular weight is 228 g/mol. The molecule has 0 spiro atoms. The molecule has 0 amide bonds. The van der Waals surface area contributed by atoms with Crippen LogP contribution in [0.4, 0.5) is 0 Å². The lowest BCUT2D eigenvalue weighted by Crippen LogP contribution is -2.56. The fraction of sp³-hybridized carbons (Fsp3) is 0.917. The van der Waals surface area contributed by atoms with Gasteiger partial charge in [-0.3, -0.25) is 9.69 Å². The Morgan fingerprint density at radius 3 is 2.69 bits per heavy atom. The molecule has 2 atom stereocenters. The van der Waals surface area contributed by atoms with Crippen molar-refractivity contribution in [2.45, 2.75) is 45.2 Å². The van der Waals surface area contributed by atoms with Gasteiger partial charge in [-0.15, -0.1) is 0 Å². The molecule has 0 aromatic rings. The number of unbranched alkanes of at least 4 members (excludes halogenated alkanes) is 1. The molecule has 0 aliphatic carbocycles. The molecule has 1 N–H and O–H groups in total. The first-order chi connectivity index (χ1) is 7.56. The predicted molar refractivity (Wildman–Crippen MR) is 64.6 cm³/mol. The second kappa shape index (κ2) is 6.21. The van der Waals surface area contributed by atoms with Crippen LogP contribution in [0.5, 0.6) is 0 Å². The number of rotatable bonds is 5. The Morgan fingerprint density at radius 1 is 1.50 bits per heavy atom. The van der Waals surface area contributed by atoms with Crippen LogP contribution in [0.25, 0.3) is 0 Å². The lowest BCUT2D eigenvalue weighted by Gasteiger charge is -2.41. The topological polar surface area (TPSA) is 43.8 Å². The molecule has 0 aromatic heterocycles. The number of carboxylic acid groups (broad SMARTS) is 1. The van der Waals surface area contributed by atoms with Crippen LogP contribution in [0.3, 0.4) is 0 Å². The summed E-state index contributed by atoms with van der Waals surface area (Å²) in [6, 6.07) is 0.0559. The molecule has 1 saturated heterocycles. The van der Waals surface area contributed by atoms with Crippen LogP contribution in [0.15, 0.2) is 0 Å². The van der Waals surface area contributed by atoms with Crippen molar-refractivity contribution < 1.29 is 9.90 Å². The third-order valence-electron chi connectivity index (χ3n) is 3.40. The van der Waals surface area contributed by atoms with Gasteiger partial charge in [0.1, 0.15) is 6.04 Å². The highest BCUT2D eigenvalue weighted by molar-refractivity contribution is 5.73. The summed E-state index contributed by atoms with van der Waals surface area (Å²) in [6.07, 6.45) is 2.84. The Balaban J connectivity index is 2.59. The van der Waals surface area contributed by atoms with E-state index < -0.39 is 5.97 Å². The van der Waals surface area contributed by atoms with Gasteiger partial charge in [-0.05, 0) is 20.4 Å². The molecule has 2 unspecified atom stereocenters. The minimum Gasteiger partial charge on any atom is -0.480 e. The lowest BCUT2D eigenvalue weighted by atomic mass is 10.0. The van der Waals surface area contributed by atoms with Crippen LogP contribution in [0.2, 0.25) is 0 Å². The summed E-state index contributed by atoms with van der Waals surface area (Å²) < 4.78 is 0. The molecule has 16 heavy (non-hydrogen) atoms. The quantitative estimate of drug-likeness (QED) is 0.769. The molecular formula is C12H24N2O2. The molecule has 4 nitrogen and oxygen atoms in total. The van der Waals surface area contributed by atoms with E-state index in [0.717, 1.165) is 38.9 Å². The van der Waals surface area contributed by atoms with Gasteiger partial charge in [-0.1, -0.05) is 19.8 Å². The van der Waals surface area contributed by atoms with E-state index in [4.69, 9.17) is 0 Å². The summed E-state index contributed by atoms with van der Waals surface area (Å²) in [4.78, 5) is 15.7. The Kier molecular flexibility index (Phi) is 5.22. The number of hydrogen-bond acceptors (Lipinski definition) is 3. The van der Waals surface area contributed by atoms with Gasteiger partial charge < -0.3 is 10.0 Å². The van der Waals surface area contributed by atoms with E-state index in [-0.39, 0.29) is 6.04 Å². The highest BCUT2D eigenvalue weighted by Crippen LogP contribution is 2.16. The maximum absolute atomic E-state index is 11.3. The van der Waals surface area contributed by atoms with Crippen LogP contribution < -0.4 is 0 Å². The van der Waals surface area contributed by atoms with Crippen LogP contribution in [0, 0.1) is 0 Å². The summed E-state index contributed by atoms with van der Waals surface area (Å²) in [7, 11) is 2.09. The van der Waals surface area contributed by atoms with Crippen molar-refractivity contribution in [2.75, 3.05) is 26.7 Å². The minimum absolute atomic E-state index is 0.288. The van der Waals surface area contributed by atoms with E-state index in [9.17, 15) is 9.90 Å². The molecule has 1 heterocycles. The SMILES string of the molecule is CCCCC(C(=O)O)N1CCN(C)CC1C. The molecule has 0 bridgehead atoms. The molecule has 1 aliphatic heterocycles. The van der Waals surface area contributed by atoms with E-state index in [1.54, 1.807) is 0 Å². The Labute approximate surface area is 98.2 Å². The van der Waals surface area contributed by atoms with Crippen LogP contribution in [-0.4, -0.2) is 59.6 Å². The molecule has 1 fully saturated rings. The zero-order chi connectivity index (χ0) is 12.1. The molecular weight excluding hydrogens is 204 g/mol. The van der Waals surface area contributed by atoms with E-state index in [2.05, 4.69) is 30.7 Å². The zero-order valence-corrected chi connectivity index (χ0v) is 10.6. The number of aliphatic carboxylic acids is 1. The summed E-state index contributed by atoms with van der Waals surface area (Å²) in [6.45, 7) is 7.04. The van der Waals surface area contributed by atoms with E-state index in [1.807, 2.05) is 0 Å². The second-order valence-electron chi connectivity index (χ2n) is 4.85. The van der Waals surface area contributed by atoms with Gasteiger partial charge in [0.05, 0.1) is 0 Å². The van der Waals surface area contributed by atoms with Crippen molar-refractivity contribution in [2.24, 2.45) is 0 Å². The Hall–Kier alpha value is -0.610. The minimum atomic E-state index is -0.662. The molecule has 0 aromatic carbocycles. The number of carbonyl (C=O) groups is 1. The molecule has 0 radical (unpaired) electrons. The van der Waals surface area contributed by atoms with Crippen molar-refractivity contribution in [1.29, 1.82) is 0 Å². The van der Waals surface area contributed by atoms with E-state index in [0.29, 0.717) is 6.04 Å². The maximum atomic E-state index is 11.3. The van der Waals surface area contributed by atoms with Crippen molar-refractivity contribution in [3.63, 3.8) is 0 Å². The Bertz CT molecular complexity index is 233. The van der Waals surface area contributed by atoms with Gasteiger partial charge in [-0.25, -0.2) is 0 Å². The number of likely N-dealkylation sites (N-methyl/N-ethyl adjacent to an activating group) is 1. The smallest absolute Gasteiger partial charge is 0.320 e. The van der Waals surface area contributed by atoms with Gasteiger partial charge in [0.25, 0.3) is 0 Å². The number of piperazine rings is 1. The highest BCUT2D eigenvalue weighted by Gasteiger charge is 2.31. The van der Waals surface area contributed by atoms with Gasteiger partial charge in [0.15, 0.2) is 0 Å². The van der Waals surface area contributed by atoms with Gasteiger partial charge >= 0.3 is 5.97 Å². The molecule has 0 saturated carbocycles. The molecule has 1 rings (SSSR count). The average Bonchev–Trinajstić information content (AvgIpc) is 2.20. The normalized spacial score (nSPS) is 25.6. The largest absolute Gasteiger partial charge is 0.480 e. The van der Waals surface area contributed by atoms with Gasteiger partial charge in [0, 0.05) is 25.7 Å². The lowest BCUT2D eigenvalue weighted by molar-refractivity contribution is -0.145. The van der Waals surface area contributed by atoms with Gasteiger partial charge in [-0.2, -0.15) is 0 Å². The first-order valence-electron chi connectivity index (χ1n) is 6.23. The van der Waals surface area contributed by atoms with Crippen molar-refractivity contribution >= 4 is 5.97 Å². The molecule has 94 valence electrons. The van der Waals surface area contributed by atoms with Crippen molar-refractivity contribution in [3.05, 3.63) is 0 Å². The zero-order valence-electron chi connectivity index (χ0n) is 10.6. The first-order valence-corrected chi connectivity index (χ1v) is 6.23. The monoisotopic (exact) mass is 228 g/mol. The maximum Gasteiger partial charge on any atom is 0.320 e. The predicted octanol–water partition coefficient (Wildman–Crippen LogP) is 1.27. The number of nitrogens with zero attached hydrogens (tertiary/aromatic N) is 2. The van der Waals surface area contributed by atoms with Crippen LogP contribution >= 0.6 is 0 Å². The summed E-state index contributed by atoms with van der Waals surface area (Å²) >= 11 is 0. The third kappa shape index (κ3) is 3.46. The highest BCUT2D eigenvalue weighted by atomic mass is 16.4. The second-order valence-corrected chi connectivity index (χ2v) is 4.85. The van der Waals surface area contributed by atoms with E-state index in [1.165, 1.54) is 0 Å². The fourth-order valence-electron chi connectivity index (χ4n) is 2.45. The summed E-state index contributed by atoms with van der Waals surface area (Å²) in [5.74, 6) is -0.662. The molecule has 4 heteroatoms. The van der Waals surface area contributed by atoms with Crippen LogP contribution in [-0.2, 0) is 4.79 Å².